The second-order valence-electron chi connectivity index (χ2n) is 19.3. The highest BCUT2D eigenvalue weighted by Crippen LogP contribution is 2.71. The predicted molar refractivity (Wildman–Crippen MR) is 217 cm³/mol. The summed E-state index contributed by atoms with van der Waals surface area (Å²) in [6.45, 7) is 11.9. The first-order valence-electron chi connectivity index (χ1n) is 20.9. The number of ketones is 2. The number of nitrogens with two attached hydrogens (primary N) is 1. The average molecular weight is 824 g/mol. The Balaban J connectivity index is 1.15. The summed E-state index contributed by atoms with van der Waals surface area (Å²) in [5.41, 5.74) is -2.21. The van der Waals surface area contributed by atoms with Crippen LogP contribution < -0.4 is 16.1 Å². The molecule has 58 heavy (non-hydrogen) atoms. The molecule has 6 aliphatic rings. The number of hydrogen-bond donors (Lipinski definition) is 3. The van der Waals surface area contributed by atoms with Crippen LogP contribution in [0.3, 0.4) is 0 Å². The van der Waals surface area contributed by atoms with Crippen molar-refractivity contribution < 1.29 is 38.1 Å². The first-order valence-corrected chi connectivity index (χ1v) is 21.3. The zero-order chi connectivity index (χ0) is 42.2. The normalized spacial score (nSPS) is 36.2. The Morgan fingerprint density at radius 2 is 1.78 bits per heavy atom. The molecule has 0 spiro atoms. The van der Waals surface area contributed by atoms with Crippen molar-refractivity contribution in [3.8, 4) is 0 Å². The first kappa shape index (κ1) is 41.3. The number of hydrogen-bond acceptors (Lipinski definition) is 9. The van der Waals surface area contributed by atoms with Crippen molar-refractivity contribution in [3.05, 3.63) is 61.7 Å². The third-order valence-corrected chi connectivity index (χ3v) is 15.9. The van der Waals surface area contributed by atoms with Gasteiger partial charge in [0.2, 0.25) is 11.2 Å². The number of fused-ring (bicyclic) bond motifs is 6. The van der Waals surface area contributed by atoms with Crippen molar-refractivity contribution in [2.75, 3.05) is 18.0 Å². The van der Waals surface area contributed by atoms with Crippen LogP contribution in [0.15, 0.2) is 28.6 Å². The van der Waals surface area contributed by atoms with Crippen LogP contribution in [0.2, 0.25) is 5.02 Å². The van der Waals surface area contributed by atoms with Crippen LogP contribution in [0.5, 0.6) is 0 Å². The minimum absolute atomic E-state index is 0.0401. The quantitative estimate of drug-likeness (QED) is 0.264. The maximum Gasteiger partial charge on any atom is 0.344 e. The van der Waals surface area contributed by atoms with Crippen molar-refractivity contribution in [1.82, 2.24) is 4.57 Å². The summed E-state index contributed by atoms with van der Waals surface area (Å²) < 4.78 is 42.1. The molecule has 13 heteroatoms. The zero-order valence-corrected chi connectivity index (χ0v) is 35.3. The molecule has 314 valence electrons. The summed E-state index contributed by atoms with van der Waals surface area (Å²) in [5, 5.41) is 24.7. The van der Waals surface area contributed by atoms with Crippen LogP contribution in [0.1, 0.15) is 120 Å². The van der Waals surface area contributed by atoms with E-state index in [2.05, 4.69) is 0 Å². The molecular formula is C45H56ClF2N3O7. The van der Waals surface area contributed by atoms with Gasteiger partial charge in [0.05, 0.1) is 27.7 Å². The van der Waals surface area contributed by atoms with Crippen molar-refractivity contribution in [3.63, 3.8) is 0 Å². The smallest absolute Gasteiger partial charge is 0.344 e. The minimum atomic E-state index is -2.16. The number of anilines is 1. The number of rotatable bonds is 6. The van der Waals surface area contributed by atoms with Gasteiger partial charge in [-0.1, -0.05) is 43.5 Å². The van der Waals surface area contributed by atoms with E-state index >= 15 is 8.78 Å². The lowest BCUT2D eigenvalue weighted by Gasteiger charge is -2.62. The molecule has 5 fully saturated rings. The summed E-state index contributed by atoms with van der Waals surface area (Å²) in [6, 6.07) is -0.284. The SMILES string of the molecule is Cc1c(F)c(N2CCCC[C@@H](N)C2)c(Cl)c2c1c(=O)c(C(=O)OC(C)(C)C(=O)[C@@]1(O)[C@@H](C)C[C@H]3[C@@H]4CCC5=CC(=O)C=C[C@]5(C)[C@@]4(F)[C@@H](O)C[C@@]31C)c(C)n2C1CC1. The Kier molecular flexibility index (Phi) is 9.63. The molecule has 1 aromatic heterocycles. The molecule has 8 rings (SSSR count). The first-order chi connectivity index (χ1) is 27.1. The lowest BCUT2D eigenvalue weighted by atomic mass is 9.44. The number of aliphatic hydroxyl groups excluding tert-OH is 1. The average Bonchev–Trinajstić information content (AvgIpc) is 3.98. The topological polar surface area (TPSA) is 152 Å². The third kappa shape index (κ3) is 5.49. The number of aliphatic hydroxyl groups is 2. The van der Waals surface area contributed by atoms with Gasteiger partial charge in [-0.15, -0.1) is 0 Å². The summed E-state index contributed by atoms with van der Waals surface area (Å²) in [6.07, 6.45) is 7.53. The number of Topliss-reactive ketones (excluding diaryl/α,β-unsaturated/α-hetero) is 1. The number of nitrogens with zero attached hydrogens (tertiary/aromatic N) is 2. The van der Waals surface area contributed by atoms with Gasteiger partial charge in [0.25, 0.3) is 0 Å². The fraction of sp³-hybridized carbons (Fsp3) is 0.644. The fourth-order valence-electron chi connectivity index (χ4n) is 12.4. The van der Waals surface area contributed by atoms with E-state index in [1.165, 1.54) is 32.9 Å². The van der Waals surface area contributed by atoms with Crippen molar-refractivity contribution in [2.24, 2.45) is 34.3 Å². The minimum Gasteiger partial charge on any atom is -0.448 e. The number of alkyl halides is 1. The van der Waals surface area contributed by atoms with E-state index in [0.717, 1.165) is 32.1 Å². The Labute approximate surface area is 342 Å². The number of ether oxygens (including phenoxy) is 1. The van der Waals surface area contributed by atoms with Crippen LogP contribution >= 0.6 is 11.6 Å². The summed E-state index contributed by atoms with van der Waals surface area (Å²) in [4.78, 5) is 58.0. The number of benzene rings is 1. The van der Waals surface area contributed by atoms with E-state index < -0.39 is 74.6 Å². The Morgan fingerprint density at radius 3 is 2.45 bits per heavy atom. The maximum atomic E-state index is 17.8. The van der Waals surface area contributed by atoms with Crippen LogP contribution in [0.4, 0.5) is 14.5 Å². The van der Waals surface area contributed by atoms with E-state index in [1.54, 1.807) is 33.8 Å². The fourth-order valence-corrected chi connectivity index (χ4v) is 12.8. The largest absolute Gasteiger partial charge is 0.448 e. The highest BCUT2D eigenvalue weighted by molar-refractivity contribution is 6.38. The lowest BCUT2D eigenvalue weighted by Crippen LogP contribution is -2.70. The molecule has 4 N–H and O–H groups in total. The van der Waals surface area contributed by atoms with Crippen molar-refractivity contribution >= 4 is 45.7 Å². The van der Waals surface area contributed by atoms with Crippen LogP contribution in [-0.4, -0.2) is 74.4 Å². The second-order valence-corrected chi connectivity index (χ2v) is 19.7. The predicted octanol–water partition coefficient (Wildman–Crippen LogP) is 6.92. The number of pyridine rings is 1. The Hall–Kier alpha value is -3.45. The molecule has 4 saturated carbocycles. The number of carbonyl (C=O) groups excluding carboxylic acids is 3. The molecule has 0 amide bonds. The van der Waals surface area contributed by atoms with E-state index in [4.69, 9.17) is 22.1 Å². The summed E-state index contributed by atoms with van der Waals surface area (Å²) in [7, 11) is 0. The van der Waals surface area contributed by atoms with Gasteiger partial charge in [-0.05, 0) is 110 Å². The maximum absolute atomic E-state index is 17.8. The number of aromatic nitrogens is 1. The van der Waals surface area contributed by atoms with Gasteiger partial charge in [0.15, 0.2) is 22.9 Å². The van der Waals surface area contributed by atoms with Gasteiger partial charge < -0.3 is 30.2 Å². The molecule has 9 atom stereocenters. The van der Waals surface area contributed by atoms with Crippen molar-refractivity contribution in [2.45, 2.75) is 141 Å². The lowest BCUT2D eigenvalue weighted by molar-refractivity contribution is -0.223. The van der Waals surface area contributed by atoms with Crippen LogP contribution in [0.25, 0.3) is 10.9 Å². The molecule has 1 saturated heterocycles. The second kappa shape index (κ2) is 13.5. The number of aryl methyl sites for hydroxylation is 1. The van der Waals surface area contributed by atoms with Gasteiger partial charge in [0, 0.05) is 53.2 Å². The highest BCUT2D eigenvalue weighted by Gasteiger charge is 2.76. The standard InChI is InChI=1S/C45H56ClF2N3O7/c1-22-18-30-29-14-11-25-19-28(52)15-16-42(25,6)44(29,48)31(53)20-43(30,7)45(22,57)40(56)41(4,5)58-39(55)33-24(3)51(27-12-13-27)36-32(38(33)54)23(2)35(47)37(34(36)46)50-17-9-8-10-26(49)21-50/h15-16,19,22,26-27,29-31,53,57H,8-14,17-18,20-21,49H2,1-7H3/t22-,26+,29-,30-,31-,42-,43-,44-,45-/m0/s1. The molecule has 0 bridgehead atoms. The molecular weight excluding hydrogens is 768 g/mol. The van der Waals surface area contributed by atoms with Crippen LogP contribution in [-0.2, 0) is 14.3 Å². The number of carbonyl (C=O) groups is 3. The van der Waals surface area contributed by atoms with Gasteiger partial charge in [-0.2, -0.15) is 0 Å². The zero-order valence-electron chi connectivity index (χ0n) is 34.5. The Morgan fingerprint density at radius 1 is 1.09 bits per heavy atom. The molecule has 1 aliphatic heterocycles. The highest BCUT2D eigenvalue weighted by atomic mass is 35.5. The van der Waals surface area contributed by atoms with Gasteiger partial charge >= 0.3 is 5.97 Å². The third-order valence-electron chi connectivity index (χ3n) is 15.6. The summed E-state index contributed by atoms with van der Waals surface area (Å²) in [5.74, 6) is -4.81. The number of halogens is 3. The number of allylic oxidation sites excluding steroid dienone is 4. The van der Waals surface area contributed by atoms with Gasteiger partial charge in [-0.3, -0.25) is 14.4 Å². The van der Waals surface area contributed by atoms with Gasteiger partial charge in [-0.25, -0.2) is 13.6 Å². The molecule has 5 aliphatic carbocycles. The van der Waals surface area contributed by atoms with Gasteiger partial charge in [0.1, 0.15) is 11.2 Å². The van der Waals surface area contributed by atoms with E-state index in [-0.39, 0.29) is 63.6 Å². The molecule has 0 radical (unpaired) electrons. The monoisotopic (exact) mass is 823 g/mol. The summed E-state index contributed by atoms with van der Waals surface area (Å²) >= 11 is 7.10. The molecule has 0 unspecified atom stereocenters. The van der Waals surface area contributed by atoms with E-state index in [0.29, 0.717) is 37.0 Å². The van der Waals surface area contributed by atoms with E-state index in [9.17, 15) is 29.4 Å². The molecule has 2 heterocycles. The molecule has 1 aromatic carbocycles. The van der Waals surface area contributed by atoms with E-state index in [1.807, 2.05) is 9.47 Å². The molecule has 10 nitrogen and oxygen atoms in total. The molecule has 2 aromatic rings. The van der Waals surface area contributed by atoms with Crippen molar-refractivity contribution in [1.29, 1.82) is 0 Å². The number of esters is 1. The Bertz CT molecular complexity index is 2280. The van der Waals surface area contributed by atoms with Crippen LogP contribution in [0, 0.1) is 48.2 Å².